The van der Waals surface area contributed by atoms with E-state index < -0.39 is 126 Å². The van der Waals surface area contributed by atoms with Crippen LogP contribution >= 0.6 is 34.2 Å². The number of sulfone groups is 1. The molecule has 3 heterocycles. The lowest BCUT2D eigenvalue weighted by Gasteiger charge is -2.24. The van der Waals surface area contributed by atoms with Crippen molar-refractivity contribution in [3.05, 3.63) is 90.5 Å². The van der Waals surface area contributed by atoms with Crippen molar-refractivity contribution >= 4 is 76.7 Å². The van der Waals surface area contributed by atoms with Gasteiger partial charge in [-0.1, -0.05) is 23.6 Å². The van der Waals surface area contributed by atoms with Crippen LogP contribution in [0, 0.1) is 33.0 Å². The van der Waals surface area contributed by atoms with Gasteiger partial charge in [0, 0.05) is 32.2 Å². The number of fused-ring (bicyclic) bond motifs is 4. The van der Waals surface area contributed by atoms with Crippen LogP contribution in [0.15, 0.2) is 36.4 Å². The normalized spacial score (nSPS) is 18.5. The molecule has 1 unspecified atom stereocenters. The second kappa shape index (κ2) is 16.6. The molecule has 0 bridgehead atoms. The molecule has 66 heavy (non-hydrogen) atoms. The number of anilines is 1. The van der Waals surface area contributed by atoms with Gasteiger partial charge < -0.3 is 5.32 Å². The third-order valence-corrected chi connectivity index (χ3v) is 16.0. The summed E-state index contributed by atoms with van der Waals surface area (Å²) in [4.78, 5) is 18.8. The predicted molar refractivity (Wildman–Crippen MR) is 231 cm³/mol. The van der Waals surface area contributed by atoms with Crippen molar-refractivity contribution in [2.45, 2.75) is 93.1 Å². The minimum absolute atomic E-state index is 0.0638. The smallest absolute Gasteiger partial charge is 0.346 e. The zero-order valence-corrected chi connectivity index (χ0v) is 38.9. The first-order valence-electron chi connectivity index (χ1n) is 19.8. The van der Waals surface area contributed by atoms with E-state index >= 15 is 8.78 Å². The summed E-state index contributed by atoms with van der Waals surface area (Å²) in [7, 11) is -8.00. The maximum absolute atomic E-state index is 15.5. The molecule has 0 spiro atoms. The van der Waals surface area contributed by atoms with E-state index in [2.05, 4.69) is 32.1 Å². The number of hydrogen-bond donors (Lipinski definition) is 2. The quantitative estimate of drug-likeness (QED) is 0.0674. The Kier molecular flexibility index (Phi) is 12.0. The van der Waals surface area contributed by atoms with Crippen molar-refractivity contribution in [1.29, 1.82) is 0 Å². The highest BCUT2D eigenvalue weighted by Gasteiger charge is 2.67. The van der Waals surface area contributed by atoms with E-state index in [1.54, 1.807) is 22.6 Å². The highest BCUT2D eigenvalue weighted by atomic mass is 127. The van der Waals surface area contributed by atoms with Gasteiger partial charge in [-0.25, -0.2) is 39.4 Å². The second-order valence-corrected chi connectivity index (χ2v) is 22.9. The molecule has 3 atom stereocenters. The van der Waals surface area contributed by atoms with E-state index in [0.717, 1.165) is 18.4 Å². The largest absolute Gasteiger partial charge is 0.408 e. The Morgan fingerprint density at radius 2 is 1.67 bits per heavy atom. The van der Waals surface area contributed by atoms with E-state index in [4.69, 9.17) is 16.6 Å². The molecule has 352 valence electrons. The molecule has 2 N–H and O–H groups in total. The van der Waals surface area contributed by atoms with Crippen LogP contribution in [-0.4, -0.2) is 69.7 Å². The van der Waals surface area contributed by atoms with Crippen molar-refractivity contribution in [1.82, 2.24) is 29.9 Å². The zero-order valence-electron chi connectivity index (χ0n) is 34.3. The van der Waals surface area contributed by atoms with Crippen LogP contribution in [0.5, 0.6) is 0 Å². The van der Waals surface area contributed by atoms with Crippen LogP contribution in [0.2, 0.25) is 5.02 Å². The Balaban J connectivity index is 1.35. The van der Waals surface area contributed by atoms with Gasteiger partial charge in [0.2, 0.25) is 15.9 Å². The molecule has 3 aliphatic rings. The molecule has 2 aromatic carbocycles. The van der Waals surface area contributed by atoms with E-state index in [0.29, 0.717) is 28.3 Å². The molecule has 1 amide bonds. The second-order valence-electron chi connectivity index (χ2n) is 16.8. The Labute approximate surface area is 389 Å². The molecular weight excluding hydrogens is 1070 g/mol. The summed E-state index contributed by atoms with van der Waals surface area (Å²) in [6.45, 7) is -0.115. The predicted octanol–water partition coefficient (Wildman–Crippen LogP) is 8.72. The van der Waals surface area contributed by atoms with Crippen molar-refractivity contribution < 1.29 is 61.1 Å². The Morgan fingerprint density at radius 3 is 2.27 bits per heavy atom. The van der Waals surface area contributed by atoms with E-state index in [1.807, 2.05) is 0 Å². The van der Waals surface area contributed by atoms with Gasteiger partial charge in [-0.05, 0) is 104 Å². The van der Waals surface area contributed by atoms with Crippen LogP contribution in [0.3, 0.4) is 0 Å². The number of benzene rings is 2. The summed E-state index contributed by atoms with van der Waals surface area (Å²) < 4.78 is 185. The van der Waals surface area contributed by atoms with Crippen LogP contribution in [-0.2, 0) is 50.1 Å². The molecule has 5 aromatic rings. The van der Waals surface area contributed by atoms with Gasteiger partial charge in [-0.15, -0.1) is 0 Å². The lowest BCUT2D eigenvalue weighted by atomic mass is 9.93. The maximum atomic E-state index is 15.5. The summed E-state index contributed by atoms with van der Waals surface area (Å²) in [5.74, 6) is -4.19. The molecule has 3 aliphatic carbocycles. The zero-order chi connectivity index (χ0) is 48.2. The summed E-state index contributed by atoms with van der Waals surface area (Å²) in [5.41, 5.74) is -3.42. The molecule has 0 radical (unpaired) electrons. The molecule has 3 aromatic heterocycles. The fourth-order valence-electron chi connectivity index (χ4n) is 8.31. The number of carbonyl (C=O) groups is 1. The lowest BCUT2D eigenvalue weighted by Crippen LogP contribution is -2.35. The number of pyridine rings is 1. The SMILES string of the molecule is CC(C)(C#Cc1nc([C@H](Cc2cc(F)cc(F)c2)NC(=O)Cn2nc(C(F)F)c3c2C(F)(F)[C@@H]2CC32)c(-c2ccc(Cl)c3c(NS(C)(=O)=O)nn(CC(F)(F)F)c23)cc1I)S(=O)(=O)C1CC1. The Bertz CT molecular complexity index is 3130. The van der Waals surface area contributed by atoms with Crippen LogP contribution in [0.1, 0.15) is 85.4 Å². The average molecular weight is 1100 g/mol. The summed E-state index contributed by atoms with van der Waals surface area (Å²) in [6.07, 6.45) is -7.30. The Hall–Kier alpha value is -4.61. The van der Waals surface area contributed by atoms with Crippen LogP contribution in [0.25, 0.3) is 22.0 Å². The standard InChI is InChI=1S/C41H34ClF9IN7O5S2/c1-39(2,66(63,64)21-4-5-21)9-8-28-27(52)15-23(22-6-7-26(42)32-35(22)59(17-40(47,48)49)56-38(32)57-65(3,61)62)33(54-28)29(12-18-10-19(43)13-20(44)11-18)53-30(60)16-58-36-31(34(55-58)37(45)46)24-14-25(24)41(36,50)51/h6-7,10-11,13,15,21,24-25,29,37H,4-5,12,14,16-17H2,1-3H3,(H,53,60)(H,56,57)/t24?,25-,29+/m1/s1. The summed E-state index contributed by atoms with van der Waals surface area (Å²) in [6, 6.07) is 4.51. The third-order valence-electron chi connectivity index (χ3n) is 11.4. The molecule has 0 aliphatic heterocycles. The van der Waals surface area contributed by atoms with Gasteiger partial charge in [-0.2, -0.15) is 32.1 Å². The summed E-state index contributed by atoms with van der Waals surface area (Å²) >= 11 is 8.30. The first-order chi connectivity index (χ1) is 30.6. The number of halogens is 11. The van der Waals surface area contributed by atoms with Gasteiger partial charge >= 0.3 is 6.18 Å². The monoisotopic (exact) mass is 1100 g/mol. The maximum Gasteiger partial charge on any atom is 0.408 e. The number of amides is 1. The lowest BCUT2D eigenvalue weighted by molar-refractivity contribution is -0.141. The number of nitrogens with one attached hydrogen (secondary N) is 2. The first-order valence-corrected chi connectivity index (χ1v) is 24.7. The molecule has 8 rings (SSSR count). The highest BCUT2D eigenvalue weighted by Crippen LogP contribution is 2.68. The molecule has 12 nitrogen and oxygen atoms in total. The van der Waals surface area contributed by atoms with Crippen LogP contribution in [0.4, 0.5) is 45.3 Å². The minimum Gasteiger partial charge on any atom is -0.346 e. The van der Waals surface area contributed by atoms with Gasteiger partial charge in [0.15, 0.2) is 15.7 Å². The number of carbonyl (C=O) groups excluding carboxylic acids is 1. The van der Waals surface area contributed by atoms with Crippen molar-refractivity contribution in [3.8, 4) is 23.0 Å². The van der Waals surface area contributed by atoms with Crippen LogP contribution < -0.4 is 10.0 Å². The number of rotatable bonds is 13. The van der Waals surface area contributed by atoms with Crippen molar-refractivity contribution in [2.75, 3.05) is 11.0 Å². The third kappa shape index (κ3) is 9.20. The molecule has 2 fully saturated rings. The topological polar surface area (TPSA) is 158 Å². The van der Waals surface area contributed by atoms with E-state index in [9.17, 15) is 52.4 Å². The van der Waals surface area contributed by atoms with Gasteiger partial charge in [0.05, 0.1) is 39.2 Å². The van der Waals surface area contributed by atoms with Crippen molar-refractivity contribution in [3.63, 3.8) is 0 Å². The van der Waals surface area contributed by atoms with Crippen molar-refractivity contribution in [2.24, 2.45) is 5.92 Å². The van der Waals surface area contributed by atoms with Gasteiger partial charge in [0.1, 0.15) is 46.6 Å². The molecule has 25 heteroatoms. The van der Waals surface area contributed by atoms with Gasteiger partial charge in [0.25, 0.3) is 12.3 Å². The number of alkyl halides is 7. The fourth-order valence-corrected chi connectivity index (χ4v) is 11.4. The molecule has 2 saturated carbocycles. The fraction of sp³-hybridized carbons (Fsp3) is 0.415. The molecule has 0 saturated heterocycles. The van der Waals surface area contributed by atoms with E-state index in [1.165, 1.54) is 32.0 Å². The number of hydrogen-bond acceptors (Lipinski definition) is 8. The highest BCUT2D eigenvalue weighted by molar-refractivity contribution is 14.1. The average Bonchev–Trinajstić information content (AvgIpc) is 4.10. The minimum atomic E-state index is -4.96. The molecular formula is C41H34ClF9IN7O5S2. The Morgan fingerprint density at radius 1 is 1.00 bits per heavy atom. The number of nitrogens with zero attached hydrogens (tertiary/aromatic N) is 5. The van der Waals surface area contributed by atoms with Gasteiger partial charge in [-0.3, -0.25) is 18.9 Å². The first kappa shape index (κ1) is 47.9. The van der Waals surface area contributed by atoms with E-state index in [-0.39, 0.29) is 54.0 Å². The summed E-state index contributed by atoms with van der Waals surface area (Å²) in [5, 5.41) is 8.97. The number of sulfonamides is 1. The number of aromatic nitrogens is 5.